The molecule has 1 N–H and O–H groups in total. The van der Waals surface area contributed by atoms with Gasteiger partial charge in [-0.15, -0.1) is 0 Å². The molecule has 1 rings (SSSR count). The van der Waals surface area contributed by atoms with E-state index in [1.165, 1.54) is 0 Å². The first-order chi connectivity index (χ1) is 9.91. The van der Waals surface area contributed by atoms with E-state index < -0.39 is 5.60 Å². The smallest absolute Gasteiger partial charge is 0.256 e. The third kappa shape index (κ3) is 5.36. The van der Waals surface area contributed by atoms with Crippen molar-refractivity contribution in [3.63, 3.8) is 0 Å². The predicted octanol–water partition coefficient (Wildman–Crippen LogP) is 2.38. The van der Waals surface area contributed by atoms with Crippen molar-refractivity contribution in [1.82, 2.24) is 4.90 Å². The maximum Gasteiger partial charge on any atom is 0.256 e. The standard InChI is InChI=1S/C16H26N2O3/c1-6-16(2,20-5)15(19)17-13-7-9-14(10-8-13)21-12-11-18(3)4/h7-10H,6,11-12H2,1-5H3,(H,17,19)/t16-/m1/s1. The highest BCUT2D eigenvalue weighted by Gasteiger charge is 2.30. The van der Waals surface area contributed by atoms with Crippen molar-refractivity contribution < 1.29 is 14.3 Å². The van der Waals surface area contributed by atoms with E-state index in [1.807, 2.05) is 45.3 Å². The van der Waals surface area contributed by atoms with Crippen molar-refractivity contribution in [3.05, 3.63) is 24.3 Å². The maximum atomic E-state index is 12.2. The van der Waals surface area contributed by atoms with E-state index in [0.29, 0.717) is 13.0 Å². The minimum absolute atomic E-state index is 0.145. The van der Waals surface area contributed by atoms with Crippen molar-refractivity contribution in [3.8, 4) is 5.75 Å². The van der Waals surface area contributed by atoms with E-state index in [9.17, 15) is 4.79 Å². The van der Waals surface area contributed by atoms with Crippen molar-refractivity contribution in [2.45, 2.75) is 25.9 Å². The first kappa shape index (κ1) is 17.5. The van der Waals surface area contributed by atoms with Crippen LogP contribution in [0.3, 0.4) is 0 Å². The summed E-state index contributed by atoms with van der Waals surface area (Å²) in [6.45, 7) is 5.20. The molecule has 0 aromatic heterocycles. The molecule has 5 nitrogen and oxygen atoms in total. The number of ether oxygens (including phenoxy) is 2. The Hall–Kier alpha value is -1.59. The average molecular weight is 294 g/mol. The number of likely N-dealkylation sites (N-methyl/N-ethyl adjacent to an activating group) is 1. The van der Waals surface area contributed by atoms with E-state index in [-0.39, 0.29) is 5.91 Å². The van der Waals surface area contributed by atoms with E-state index >= 15 is 0 Å². The SMILES string of the molecule is CC[C@@](C)(OC)C(=O)Nc1ccc(OCCN(C)C)cc1. The fraction of sp³-hybridized carbons (Fsp3) is 0.562. The van der Waals surface area contributed by atoms with Crippen molar-refractivity contribution in [2.24, 2.45) is 0 Å². The quantitative estimate of drug-likeness (QED) is 0.800. The zero-order valence-electron chi connectivity index (χ0n) is 13.6. The summed E-state index contributed by atoms with van der Waals surface area (Å²) in [6, 6.07) is 7.35. The Morgan fingerprint density at radius 1 is 1.29 bits per heavy atom. The van der Waals surface area contributed by atoms with Gasteiger partial charge in [0, 0.05) is 19.3 Å². The van der Waals surface area contributed by atoms with Crippen molar-refractivity contribution >= 4 is 11.6 Å². The molecule has 21 heavy (non-hydrogen) atoms. The van der Waals surface area contributed by atoms with E-state index in [2.05, 4.69) is 10.2 Å². The van der Waals surface area contributed by atoms with Crippen LogP contribution in [0.15, 0.2) is 24.3 Å². The predicted molar refractivity (Wildman–Crippen MR) is 84.8 cm³/mol. The molecule has 0 bridgehead atoms. The molecule has 0 aliphatic heterocycles. The van der Waals surface area contributed by atoms with Crippen LogP contribution in [0, 0.1) is 0 Å². The van der Waals surface area contributed by atoms with Crippen LogP contribution in [0.2, 0.25) is 0 Å². The molecule has 1 atom stereocenters. The van der Waals surface area contributed by atoms with Gasteiger partial charge in [-0.1, -0.05) is 6.92 Å². The van der Waals surface area contributed by atoms with Crippen LogP contribution in [0.25, 0.3) is 0 Å². The molecule has 0 aliphatic rings. The van der Waals surface area contributed by atoms with Gasteiger partial charge in [0.2, 0.25) is 0 Å². The summed E-state index contributed by atoms with van der Waals surface area (Å²) in [5.74, 6) is 0.647. The minimum atomic E-state index is -0.805. The number of carbonyl (C=O) groups excluding carboxylic acids is 1. The molecule has 1 aromatic rings. The van der Waals surface area contributed by atoms with Gasteiger partial charge in [0.15, 0.2) is 0 Å². The summed E-state index contributed by atoms with van der Waals surface area (Å²) in [5.41, 5.74) is -0.0716. The molecule has 118 valence electrons. The molecule has 0 heterocycles. The zero-order valence-corrected chi connectivity index (χ0v) is 13.6. The fourth-order valence-corrected chi connectivity index (χ4v) is 1.64. The van der Waals surface area contributed by atoms with Crippen molar-refractivity contribution in [1.29, 1.82) is 0 Å². The second-order valence-corrected chi connectivity index (χ2v) is 5.42. The van der Waals surface area contributed by atoms with E-state index in [1.54, 1.807) is 14.0 Å². The summed E-state index contributed by atoms with van der Waals surface area (Å²) in [6.07, 6.45) is 0.612. The Labute approximate surface area is 127 Å². The van der Waals surface area contributed by atoms with Crippen LogP contribution in [0.5, 0.6) is 5.75 Å². The second kappa shape index (κ2) is 8.00. The number of hydrogen-bond donors (Lipinski definition) is 1. The first-order valence-corrected chi connectivity index (χ1v) is 7.15. The second-order valence-electron chi connectivity index (χ2n) is 5.42. The molecule has 1 amide bonds. The van der Waals surface area contributed by atoms with Gasteiger partial charge >= 0.3 is 0 Å². The van der Waals surface area contributed by atoms with E-state index in [0.717, 1.165) is 18.0 Å². The van der Waals surface area contributed by atoms with Crippen LogP contribution >= 0.6 is 0 Å². The van der Waals surface area contributed by atoms with Crippen LogP contribution in [0.4, 0.5) is 5.69 Å². The van der Waals surface area contributed by atoms with E-state index in [4.69, 9.17) is 9.47 Å². The van der Waals surface area contributed by atoms with Crippen LogP contribution in [0.1, 0.15) is 20.3 Å². The Morgan fingerprint density at radius 2 is 1.90 bits per heavy atom. The summed E-state index contributed by atoms with van der Waals surface area (Å²) in [4.78, 5) is 14.2. The van der Waals surface area contributed by atoms with Crippen molar-refractivity contribution in [2.75, 3.05) is 39.7 Å². The molecule has 1 aromatic carbocycles. The Morgan fingerprint density at radius 3 is 2.38 bits per heavy atom. The molecular weight excluding hydrogens is 268 g/mol. The summed E-state index contributed by atoms with van der Waals surface area (Å²) in [7, 11) is 5.55. The number of nitrogens with one attached hydrogen (secondary N) is 1. The Bertz CT molecular complexity index is 439. The maximum absolute atomic E-state index is 12.2. The van der Waals surface area contributed by atoms with Gasteiger partial charge < -0.3 is 19.7 Å². The number of benzene rings is 1. The van der Waals surface area contributed by atoms with Gasteiger partial charge in [-0.3, -0.25) is 4.79 Å². The lowest BCUT2D eigenvalue weighted by Crippen LogP contribution is -2.41. The molecule has 0 aliphatic carbocycles. The summed E-state index contributed by atoms with van der Waals surface area (Å²) >= 11 is 0. The van der Waals surface area contributed by atoms with Crippen LogP contribution < -0.4 is 10.1 Å². The number of carbonyl (C=O) groups is 1. The monoisotopic (exact) mass is 294 g/mol. The molecule has 0 fully saturated rings. The average Bonchev–Trinajstić information content (AvgIpc) is 2.47. The zero-order chi connectivity index (χ0) is 15.9. The van der Waals surface area contributed by atoms with Gasteiger partial charge in [-0.25, -0.2) is 0 Å². The topological polar surface area (TPSA) is 50.8 Å². The third-order valence-corrected chi connectivity index (χ3v) is 3.52. The molecule has 0 saturated carbocycles. The van der Waals surface area contributed by atoms with Gasteiger partial charge in [0.1, 0.15) is 18.0 Å². The molecule has 0 unspecified atom stereocenters. The number of nitrogens with zero attached hydrogens (tertiary/aromatic N) is 1. The first-order valence-electron chi connectivity index (χ1n) is 7.15. The van der Waals surface area contributed by atoms with Crippen LogP contribution in [-0.4, -0.2) is 50.8 Å². The number of amides is 1. The highest BCUT2D eigenvalue weighted by Crippen LogP contribution is 2.20. The molecule has 0 radical (unpaired) electrons. The fourth-order valence-electron chi connectivity index (χ4n) is 1.64. The number of methoxy groups -OCH3 is 1. The molecule has 0 spiro atoms. The highest BCUT2D eigenvalue weighted by atomic mass is 16.5. The largest absolute Gasteiger partial charge is 0.492 e. The lowest BCUT2D eigenvalue weighted by molar-refractivity contribution is -0.136. The number of rotatable bonds is 8. The summed E-state index contributed by atoms with van der Waals surface area (Å²) in [5, 5.41) is 2.86. The molecule has 5 heteroatoms. The Kier molecular flexibility index (Phi) is 6.65. The lowest BCUT2D eigenvalue weighted by Gasteiger charge is -2.25. The molecular formula is C16H26N2O3. The minimum Gasteiger partial charge on any atom is -0.492 e. The van der Waals surface area contributed by atoms with Gasteiger partial charge in [0.25, 0.3) is 5.91 Å². The van der Waals surface area contributed by atoms with Gasteiger partial charge in [-0.2, -0.15) is 0 Å². The normalized spacial score (nSPS) is 13.8. The van der Waals surface area contributed by atoms with Gasteiger partial charge in [-0.05, 0) is 51.7 Å². The lowest BCUT2D eigenvalue weighted by atomic mass is 10.0. The van der Waals surface area contributed by atoms with Gasteiger partial charge in [0.05, 0.1) is 0 Å². The number of hydrogen-bond acceptors (Lipinski definition) is 4. The highest BCUT2D eigenvalue weighted by molar-refractivity contribution is 5.97. The molecule has 0 saturated heterocycles. The third-order valence-electron chi connectivity index (χ3n) is 3.52. The summed E-state index contributed by atoms with van der Waals surface area (Å²) < 4.78 is 10.9. The number of anilines is 1. The van der Waals surface area contributed by atoms with Crippen LogP contribution in [-0.2, 0) is 9.53 Å². The Balaban J connectivity index is 2.56.